The maximum absolute atomic E-state index is 14.0. The van der Waals surface area contributed by atoms with Crippen LogP contribution in [0.5, 0.6) is 5.75 Å². The van der Waals surface area contributed by atoms with E-state index in [0.29, 0.717) is 16.9 Å². The van der Waals surface area contributed by atoms with E-state index >= 15 is 0 Å². The van der Waals surface area contributed by atoms with Gasteiger partial charge in [-0.05, 0) is 18.9 Å². The molecule has 2 N–H and O–H groups in total. The minimum Gasteiger partial charge on any atom is -0.506 e. The number of hydrogen-bond donors (Lipinski definition) is 2. The first-order valence-electron chi connectivity index (χ1n) is 6.37. The second-order valence-corrected chi connectivity index (χ2v) is 5.46. The number of aliphatic hydroxyl groups excluding tert-OH is 1. The molecule has 1 aromatic carbocycles. The van der Waals surface area contributed by atoms with Gasteiger partial charge in [-0.1, -0.05) is 11.6 Å². The smallest absolute Gasteiger partial charge is 0.261 e. The number of phenolic OH excluding ortho intramolecular Hbond substituents is 1. The zero-order chi connectivity index (χ0) is 15.3. The van der Waals surface area contributed by atoms with Gasteiger partial charge in [0.05, 0.1) is 16.8 Å². The van der Waals surface area contributed by atoms with Gasteiger partial charge in [0.15, 0.2) is 0 Å². The molecule has 1 unspecified atom stereocenters. The Hall–Kier alpha value is -1.92. The van der Waals surface area contributed by atoms with Crippen LogP contribution in [0, 0.1) is 5.82 Å². The van der Waals surface area contributed by atoms with Crippen molar-refractivity contribution >= 4 is 29.1 Å². The largest absolute Gasteiger partial charge is 0.506 e. The molecule has 2 amide bonds. The van der Waals surface area contributed by atoms with E-state index < -0.39 is 29.5 Å². The Balaban J connectivity index is 2.05. The van der Waals surface area contributed by atoms with Gasteiger partial charge in [0.2, 0.25) is 0 Å². The molecule has 1 aliphatic heterocycles. The van der Waals surface area contributed by atoms with Crippen molar-refractivity contribution in [1.82, 2.24) is 0 Å². The van der Waals surface area contributed by atoms with Crippen LogP contribution in [0.25, 0.3) is 0 Å². The molecule has 0 bridgehead atoms. The number of carbonyl (C=O) groups excluding carboxylic acids is 2. The van der Waals surface area contributed by atoms with Crippen molar-refractivity contribution in [3.05, 3.63) is 34.1 Å². The minimum atomic E-state index is -0.875. The van der Waals surface area contributed by atoms with Gasteiger partial charge in [-0.3, -0.25) is 9.59 Å². The number of nitrogens with zero attached hydrogens (tertiary/aromatic N) is 1. The lowest BCUT2D eigenvalue weighted by Crippen LogP contribution is -2.32. The maximum atomic E-state index is 14.0. The number of halogens is 2. The lowest BCUT2D eigenvalue weighted by Gasteiger charge is -2.16. The number of amides is 2. The van der Waals surface area contributed by atoms with E-state index in [9.17, 15) is 24.2 Å². The first-order valence-corrected chi connectivity index (χ1v) is 6.75. The molecule has 2 aliphatic rings. The van der Waals surface area contributed by atoms with Crippen LogP contribution >= 0.6 is 11.6 Å². The molecule has 5 nitrogen and oxygen atoms in total. The molecule has 0 fully saturated rings. The summed E-state index contributed by atoms with van der Waals surface area (Å²) in [4.78, 5) is 25.3. The predicted molar refractivity (Wildman–Crippen MR) is 72.5 cm³/mol. The van der Waals surface area contributed by atoms with Gasteiger partial charge in [0, 0.05) is 23.6 Å². The minimum absolute atomic E-state index is 0.0810. The molecule has 0 saturated carbocycles. The van der Waals surface area contributed by atoms with Crippen molar-refractivity contribution in [3.63, 3.8) is 0 Å². The monoisotopic (exact) mass is 311 g/mol. The Morgan fingerprint density at radius 3 is 2.62 bits per heavy atom. The normalized spacial score (nSPS) is 22.0. The molecule has 0 radical (unpaired) electrons. The fraction of sp³-hybridized carbons (Fsp3) is 0.286. The van der Waals surface area contributed by atoms with Crippen molar-refractivity contribution in [2.75, 3.05) is 4.90 Å². The second kappa shape index (κ2) is 4.82. The number of anilines is 1. The number of carbonyl (C=O) groups is 2. The van der Waals surface area contributed by atoms with Crippen molar-refractivity contribution in [3.8, 4) is 5.75 Å². The summed E-state index contributed by atoms with van der Waals surface area (Å²) >= 11 is 5.58. The van der Waals surface area contributed by atoms with Gasteiger partial charge >= 0.3 is 0 Å². The Labute approximate surface area is 124 Å². The van der Waals surface area contributed by atoms with E-state index in [-0.39, 0.29) is 29.1 Å². The van der Waals surface area contributed by atoms with Crippen LogP contribution in [0.4, 0.5) is 10.1 Å². The Morgan fingerprint density at radius 1 is 1.24 bits per heavy atom. The summed E-state index contributed by atoms with van der Waals surface area (Å²) < 4.78 is 14.0. The lowest BCUT2D eigenvalue weighted by atomic mass is 9.91. The summed E-state index contributed by atoms with van der Waals surface area (Å²) in [6, 6.07) is 1.79. The van der Waals surface area contributed by atoms with Crippen molar-refractivity contribution in [2.45, 2.75) is 25.4 Å². The van der Waals surface area contributed by atoms with E-state index in [0.717, 1.165) is 12.1 Å². The van der Waals surface area contributed by atoms with Crippen LogP contribution in [0.15, 0.2) is 23.3 Å². The number of aromatic hydroxyl groups is 1. The van der Waals surface area contributed by atoms with Gasteiger partial charge in [-0.2, -0.15) is 0 Å². The Morgan fingerprint density at radius 2 is 1.90 bits per heavy atom. The van der Waals surface area contributed by atoms with Crippen molar-refractivity contribution < 1.29 is 24.2 Å². The quantitative estimate of drug-likeness (QED) is 0.777. The predicted octanol–water partition coefficient (Wildman–Crippen LogP) is 1.90. The lowest BCUT2D eigenvalue weighted by molar-refractivity contribution is -0.120. The Kier molecular flexibility index (Phi) is 3.22. The molecule has 0 spiro atoms. The molecule has 110 valence electrons. The van der Waals surface area contributed by atoms with Gasteiger partial charge in [-0.15, -0.1) is 0 Å². The highest BCUT2D eigenvalue weighted by atomic mass is 35.5. The molecule has 0 aromatic heterocycles. The molecule has 0 saturated heterocycles. The topological polar surface area (TPSA) is 77.8 Å². The number of aliphatic hydroxyl groups is 1. The average molecular weight is 312 g/mol. The molecular weight excluding hydrogens is 301 g/mol. The van der Waals surface area contributed by atoms with Crippen LogP contribution in [0.3, 0.4) is 0 Å². The van der Waals surface area contributed by atoms with E-state index in [1.165, 1.54) is 0 Å². The van der Waals surface area contributed by atoms with Crippen LogP contribution < -0.4 is 4.90 Å². The molecular formula is C14H11ClFNO4. The van der Waals surface area contributed by atoms with Crippen LogP contribution in [-0.2, 0) is 9.59 Å². The molecule has 3 rings (SSSR count). The van der Waals surface area contributed by atoms with Gasteiger partial charge in [-0.25, -0.2) is 9.29 Å². The number of benzene rings is 1. The fourth-order valence-corrected chi connectivity index (χ4v) is 2.80. The third-order valence-electron chi connectivity index (χ3n) is 3.71. The van der Waals surface area contributed by atoms with Crippen LogP contribution in [-0.4, -0.2) is 28.1 Å². The van der Waals surface area contributed by atoms with Crippen LogP contribution in [0.1, 0.15) is 19.3 Å². The molecule has 1 aromatic rings. The third-order valence-corrected chi connectivity index (χ3v) is 4.01. The highest BCUT2D eigenvalue weighted by molar-refractivity contribution is 6.34. The summed E-state index contributed by atoms with van der Waals surface area (Å²) in [5, 5.41) is 19.0. The summed E-state index contributed by atoms with van der Waals surface area (Å²) in [6.45, 7) is 0. The number of hydrogen-bond acceptors (Lipinski definition) is 4. The average Bonchev–Trinajstić information content (AvgIpc) is 2.66. The summed E-state index contributed by atoms with van der Waals surface area (Å²) in [5.74, 6) is -2.56. The summed E-state index contributed by atoms with van der Waals surface area (Å²) in [5.41, 5.74) is 0.183. The fourth-order valence-electron chi connectivity index (χ4n) is 2.65. The van der Waals surface area contributed by atoms with Gasteiger partial charge < -0.3 is 10.2 Å². The first kappa shape index (κ1) is 14.0. The number of phenols is 1. The number of rotatable bonds is 1. The van der Waals surface area contributed by atoms with E-state index in [2.05, 4.69) is 0 Å². The summed E-state index contributed by atoms with van der Waals surface area (Å²) in [6.07, 6.45) is 0.0695. The molecule has 21 heavy (non-hydrogen) atoms. The zero-order valence-corrected chi connectivity index (χ0v) is 11.5. The molecule has 1 atom stereocenters. The van der Waals surface area contributed by atoms with Crippen LogP contribution in [0.2, 0.25) is 5.02 Å². The Bertz CT molecular complexity index is 700. The highest BCUT2D eigenvalue weighted by Gasteiger charge is 2.42. The number of imide groups is 1. The van der Waals surface area contributed by atoms with Crippen molar-refractivity contribution in [1.29, 1.82) is 0 Å². The highest BCUT2D eigenvalue weighted by Crippen LogP contribution is 2.39. The first-order chi connectivity index (χ1) is 9.90. The van der Waals surface area contributed by atoms with Gasteiger partial charge in [0.25, 0.3) is 11.8 Å². The SMILES string of the molecule is O=C1C2=C(CC(O)CC2)C(=O)N1c1cc(O)c(Cl)cc1F. The van der Waals surface area contributed by atoms with E-state index in [1.807, 2.05) is 0 Å². The molecule has 1 aliphatic carbocycles. The summed E-state index contributed by atoms with van der Waals surface area (Å²) in [7, 11) is 0. The van der Waals surface area contributed by atoms with E-state index in [1.54, 1.807) is 0 Å². The van der Waals surface area contributed by atoms with Gasteiger partial charge in [0.1, 0.15) is 11.6 Å². The second-order valence-electron chi connectivity index (χ2n) is 5.05. The zero-order valence-electron chi connectivity index (χ0n) is 10.8. The third kappa shape index (κ3) is 2.11. The van der Waals surface area contributed by atoms with E-state index in [4.69, 9.17) is 11.6 Å². The van der Waals surface area contributed by atoms with Crippen molar-refractivity contribution in [2.24, 2.45) is 0 Å². The molecule has 7 heteroatoms. The standard InChI is InChI=1S/C14H11ClFNO4/c15-9-4-10(16)11(5-12(9)19)17-13(20)7-2-1-6(18)3-8(7)14(17)21/h4-6,18-19H,1-3H2. The maximum Gasteiger partial charge on any atom is 0.261 e. The molecule has 1 heterocycles.